The zero-order valence-electron chi connectivity index (χ0n) is 13.2. The molecule has 128 valence electrons. The van der Waals surface area contributed by atoms with Gasteiger partial charge in [-0.25, -0.2) is 9.18 Å². The summed E-state index contributed by atoms with van der Waals surface area (Å²) in [5.74, 6) is 0.681. The number of halogens is 1. The smallest absolute Gasteiger partial charge is 0.315 e. The molecule has 0 saturated carbocycles. The number of amides is 2. The molecular weight excluding hydrogens is 325 g/mol. The summed E-state index contributed by atoms with van der Waals surface area (Å²) in [6.45, 7) is 0.471. The highest BCUT2D eigenvalue weighted by Gasteiger charge is 2.08. The molecule has 0 saturated heterocycles. The lowest BCUT2D eigenvalue weighted by Crippen LogP contribution is -2.34. The van der Waals surface area contributed by atoms with Gasteiger partial charge in [0.15, 0.2) is 11.6 Å². The molecule has 0 aliphatic heterocycles. The molecule has 2 amide bonds. The molecule has 3 aromatic rings. The van der Waals surface area contributed by atoms with Gasteiger partial charge in [-0.2, -0.15) is 0 Å². The van der Waals surface area contributed by atoms with Crippen LogP contribution in [0, 0.1) is 5.82 Å². The van der Waals surface area contributed by atoms with E-state index in [0.717, 1.165) is 0 Å². The molecule has 0 atom stereocenters. The fraction of sp³-hybridized carbons (Fsp3) is 0.111. The van der Waals surface area contributed by atoms with Crippen LogP contribution < -0.4 is 15.4 Å². The Labute approximate surface area is 143 Å². The third-order valence-corrected chi connectivity index (χ3v) is 3.31. The van der Waals surface area contributed by atoms with Crippen LogP contribution in [-0.2, 0) is 13.1 Å². The van der Waals surface area contributed by atoms with E-state index >= 15 is 0 Å². The number of benzene rings is 1. The van der Waals surface area contributed by atoms with Crippen LogP contribution >= 0.6 is 0 Å². The van der Waals surface area contributed by atoms with Gasteiger partial charge in [0.25, 0.3) is 0 Å². The molecule has 6 nitrogen and oxygen atoms in total. The summed E-state index contributed by atoms with van der Waals surface area (Å²) in [6.07, 6.45) is 4.64. The summed E-state index contributed by atoms with van der Waals surface area (Å²) >= 11 is 0. The van der Waals surface area contributed by atoms with Crippen molar-refractivity contribution in [2.24, 2.45) is 0 Å². The zero-order valence-corrected chi connectivity index (χ0v) is 13.2. The number of rotatable bonds is 6. The zero-order chi connectivity index (χ0) is 17.5. The second-order valence-corrected chi connectivity index (χ2v) is 5.17. The number of pyridine rings is 1. The van der Waals surface area contributed by atoms with Crippen molar-refractivity contribution in [1.82, 2.24) is 15.6 Å². The quantitative estimate of drug-likeness (QED) is 0.718. The molecule has 2 heterocycles. The van der Waals surface area contributed by atoms with Crippen molar-refractivity contribution in [3.05, 3.63) is 78.3 Å². The fourth-order valence-corrected chi connectivity index (χ4v) is 2.10. The lowest BCUT2D eigenvalue weighted by Gasteiger charge is -2.09. The van der Waals surface area contributed by atoms with Crippen molar-refractivity contribution in [2.45, 2.75) is 13.1 Å². The van der Waals surface area contributed by atoms with Crippen LogP contribution in [0.5, 0.6) is 11.5 Å². The maximum Gasteiger partial charge on any atom is 0.315 e. The third-order valence-electron chi connectivity index (χ3n) is 3.31. The maximum absolute atomic E-state index is 14.1. The molecule has 0 aliphatic rings. The van der Waals surface area contributed by atoms with E-state index in [1.54, 1.807) is 36.5 Å². The van der Waals surface area contributed by atoms with Gasteiger partial charge >= 0.3 is 6.03 Å². The largest absolute Gasteiger partial charge is 0.467 e. The van der Waals surface area contributed by atoms with Gasteiger partial charge in [0.1, 0.15) is 11.5 Å². The van der Waals surface area contributed by atoms with Crippen LogP contribution in [0.3, 0.4) is 0 Å². The molecule has 0 unspecified atom stereocenters. The summed E-state index contributed by atoms with van der Waals surface area (Å²) in [5.41, 5.74) is 0.615. The second-order valence-electron chi connectivity index (χ2n) is 5.17. The lowest BCUT2D eigenvalue weighted by atomic mass is 10.2. The minimum atomic E-state index is -0.515. The highest BCUT2D eigenvalue weighted by atomic mass is 19.1. The highest BCUT2D eigenvalue weighted by Crippen LogP contribution is 2.24. The Kier molecular flexibility index (Phi) is 5.26. The minimum Gasteiger partial charge on any atom is -0.467 e. The molecule has 1 aromatic carbocycles. The number of carbonyl (C=O) groups excluding carboxylic acids is 1. The van der Waals surface area contributed by atoms with E-state index in [9.17, 15) is 9.18 Å². The van der Waals surface area contributed by atoms with Gasteiger partial charge in [-0.05, 0) is 42.0 Å². The van der Waals surface area contributed by atoms with Gasteiger partial charge in [0.05, 0.1) is 19.0 Å². The summed E-state index contributed by atoms with van der Waals surface area (Å²) in [6, 6.07) is 11.0. The summed E-state index contributed by atoms with van der Waals surface area (Å²) < 4.78 is 24.6. The normalized spacial score (nSPS) is 10.3. The molecule has 2 N–H and O–H groups in total. The Morgan fingerprint density at radius 1 is 1.16 bits per heavy atom. The number of ether oxygens (including phenoxy) is 1. The summed E-state index contributed by atoms with van der Waals surface area (Å²) in [7, 11) is 0. The lowest BCUT2D eigenvalue weighted by molar-refractivity contribution is 0.239. The number of furan rings is 1. The van der Waals surface area contributed by atoms with Crippen molar-refractivity contribution in [2.75, 3.05) is 0 Å². The Hall–Kier alpha value is -3.35. The first kappa shape index (κ1) is 16.5. The van der Waals surface area contributed by atoms with E-state index in [-0.39, 0.29) is 24.9 Å². The molecule has 0 spiro atoms. The van der Waals surface area contributed by atoms with Crippen LogP contribution in [0.2, 0.25) is 0 Å². The Bertz CT molecular complexity index is 823. The number of urea groups is 1. The molecule has 0 fully saturated rings. The molecule has 0 aliphatic carbocycles. The summed E-state index contributed by atoms with van der Waals surface area (Å²) in [5, 5.41) is 5.29. The summed E-state index contributed by atoms with van der Waals surface area (Å²) in [4.78, 5) is 15.6. The van der Waals surface area contributed by atoms with Gasteiger partial charge in [-0.1, -0.05) is 6.07 Å². The fourth-order valence-electron chi connectivity index (χ4n) is 2.10. The van der Waals surface area contributed by atoms with Crippen LogP contribution in [0.1, 0.15) is 11.3 Å². The first-order valence-electron chi connectivity index (χ1n) is 7.61. The maximum atomic E-state index is 14.1. The number of nitrogens with zero attached hydrogens (tertiary/aromatic N) is 1. The monoisotopic (exact) mass is 341 g/mol. The van der Waals surface area contributed by atoms with E-state index < -0.39 is 5.82 Å². The van der Waals surface area contributed by atoms with Crippen molar-refractivity contribution >= 4 is 6.03 Å². The predicted molar refractivity (Wildman–Crippen MR) is 88.5 cm³/mol. The Morgan fingerprint density at radius 3 is 2.76 bits per heavy atom. The average molecular weight is 341 g/mol. The van der Waals surface area contributed by atoms with Crippen LogP contribution in [-0.4, -0.2) is 11.0 Å². The molecule has 0 radical (unpaired) electrons. The predicted octanol–water partition coefficient (Wildman–Crippen LogP) is 3.61. The van der Waals surface area contributed by atoms with Gasteiger partial charge in [0, 0.05) is 12.7 Å². The number of carbonyl (C=O) groups is 1. The van der Waals surface area contributed by atoms with E-state index in [0.29, 0.717) is 17.1 Å². The second kappa shape index (κ2) is 7.96. The van der Waals surface area contributed by atoms with Crippen LogP contribution in [0.15, 0.2) is 65.5 Å². The van der Waals surface area contributed by atoms with E-state index in [4.69, 9.17) is 9.15 Å². The first-order valence-corrected chi connectivity index (χ1v) is 7.61. The molecule has 0 bridgehead atoms. The number of aromatic nitrogens is 1. The number of hydrogen-bond acceptors (Lipinski definition) is 4. The van der Waals surface area contributed by atoms with Crippen molar-refractivity contribution in [1.29, 1.82) is 0 Å². The van der Waals surface area contributed by atoms with Crippen LogP contribution in [0.25, 0.3) is 0 Å². The van der Waals surface area contributed by atoms with Gasteiger partial charge in [-0.15, -0.1) is 0 Å². The van der Waals surface area contributed by atoms with Crippen molar-refractivity contribution in [3.63, 3.8) is 0 Å². The molecular formula is C18H16FN3O3. The van der Waals surface area contributed by atoms with Crippen molar-refractivity contribution < 1.29 is 18.3 Å². The Balaban J connectivity index is 1.51. The number of hydrogen-bond donors (Lipinski definition) is 2. The van der Waals surface area contributed by atoms with Crippen molar-refractivity contribution in [3.8, 4) is 11.5 Å². The molecule has 7 heteroatoms. The van der Waals surface area contributed by atoms with E-state index in [1.807, 2.05) is 0 Å². The molecule has 2 aromatic heterocycles. The van der Waals surface area contributed by atoms with Gasteiger partial charge < -0.3 is 19.8 Å². The topological polar surface area (TPSA) is 76.4 Å². The highest BCUT2D eigenvalue weighted by molar-refractivity contribution is 5.73. The first-order chi connectivity index (χ1) is 12.2. The minimum absolute atomic E-state index is 0.0963. The Morgan fingerprint density at radius 2 is 2.04 bits per heavy atom. The van der Waals surface area contributed by atoms with Crippen LogP contribution in [0.4, 0.5) is 9.18 Å². The third kappa shape index (κ3) is 4.81. The number of nitrogens with one attached hydrogen (secondary N) is 2. The SMILES string of the molecule is O=C(NCc1ccc(Oc2cccnc2)c(F)c1)NCc1ccco1. The van der Waals surface area contributed by atoms with E-state index in [2.05, 4.69) is 15.6 Å². The average Bonchev–Trinajstić information content (AvgIpc) is 3.15. The molecule has 3 rings (SSSR count). The molecule has 25 heavy (non-hydrogen) atoms. The standard InChI is InChI=1S/C18H16FN3O3/c19-16-9-13(5-6-17(16)25-15-3-1-7-20-11-15)10-21-18(23)22-12-14-4-2-8-24-14/h1-9,11H,10,12H2,(H2,21,22,23). The van der Waals surface area contributed by atoms with Gasteiger partial charge in [-0.3, -0.25) is 4.98 Å². The van der Waals surface area contributed by atoms with Gasteiger partial charge in [0.2, 0.25) is 0 Å². The van der Waals surface area contributed by atoms with E-state index in [1.165, 1.54) is 24.6 Å².